The van der Waals surface area contributed by atoms with E-state index in [1.54, 1.807) is 0 Å². The van der Waals surface area contributed by atoms with Crippen LogP contribution in [-0.4, -0.2) is 36.5 Å². The van der Waals surface area contributed by atoms with Crippen molar-refractivity contribution in [3.63, 3.8) is 0 Å². The van der Waals surface area contributed by atoms with Crippen molar-refractivity contribution < 1.29 is 10.2 Å². The molecule has 6 heteroatoms. The fourth-order valence-corrected chi connectivity index (χ4v) is 7.06. The van der Waals surface area contributed by atoms with Crippen molar-refractivity contribution in [1.29, 1.82) is 0 Å². The molecule has 6 aromatic rings. The van der Waals surface area contributed by atoms with Crippen LogP contribution in [0.15, 0.2) is 146 Å². The molecule has 1 aliphatic rings. The van der Waals surface area contributed by atoms with Crippen LogP contribution in [0.25, 0.3) is 22.3 Å². The van der Waals surface area contributed by atoms with Crippen LogP contribution in [0.5, 0.6) is 0 Å². The number of rotatable bonds is 8. The molecule has 0 aromatic heterocycles. The first-order chi connectivity index (χ1) is 23.3. The Kier molecular flexibility index (Phi) is 8.36. The minimum atomic E-state index is -0.839. The summed E-state index contributed by atoms with van der Waals surface area (Å²) in [5.74, 6) is -1.05. The van der Waals surface area contributed by atoms with Crippen molar-refractivity contribution in [2.24, 2.45) is 0 Å². The summed E-state index contributed by atoms with van der Waals surface area (Å²) in [6.07, 6.45) is -1.68. The summed E-state index contributed by atoms with van der Waals surface area (Å²) in [7, 11) is 3.90. The molecule has 0 radical (unpaired) electrons. The van der Waals surface area contributed by atoms with Gasteiger partial charge in [-0.1, -0.05) is 109 Å². The van der Waals surface area contributed by atoms with E-state index >= 15 is 0 Å². The Balaban J connectivity index is 1.31. The first-order valence-corrected chi connectivity index (χ1v) is 16.2. The molecule has 2 atom stereocenters. The molecule has 6 N–H and O–H groups in total. The third kappa shape index (κ3) is 5.55. The molecule has 48 heavy (non-hydrogen) atoms. The van der Waals surface area contributed by atoms with E-state index in [4.69, 9.17) is 11.5 Å². The quantitative estimate of drug-likeness (QED) is 0.126. The van der Waals surface area contributed by atoms with Gasteiger partial charge in [-0.25, -0.2) is 0 Å². The molecule has 0 amide bonds. The summed E-state index contributed by atoms with van der Waals surface area (Å²) < 4.78 is 0. The van der Waals surface area contributed by atoms with Gasteiger partial charge in [0.25, 0.3) is 0 Å². The molecule has 240 valence electrons. The highest BCUT2D eigenvalue weighted by atomic mass is 16.3. The molecule has 1 aliphatic carbocycles. The zero-order valence-corrected chi connectivity index (χ0v) is 27.1. The third-order valence-corrected chi connectivity index (χ3v) is 9.56. The maximum atomic E-state index is 11.4. The first-order valence-electron chi connectivity index (χ1n) is 16.2. The number of nitrogen functional groups attached to an aromatic ring is 2. The van der Waals surface area contributed by atoms with Gasteiger partial charge < -0.3 is 31.5 Å². The van der Waals surface area contributed by atoms with Gasteiger partial charge in [0.05, 0.1) is 23.6 Å². The maximum Gasteiger partial charge on any atom is 0.0728 e. The second-order valence-corrected chi connectivity index (χ2v) is 12.7. The van der Waals surface area contributed by atoms with Crippen molar-refractivity contribution in [3.05, 3.63) is 157 Å². The topological polar surface area (TPSA) is 99.0 Å². The minimum Gasteiger partial charge on any atom is -0.398 e. The number of anilines is 6. The molecule has 1 fully saturated rings. The smallest absolute Gasteiger partial charge is 0.0728 e. The van der Waals surface area contributed by atoms with Gasteiger partial charge in [0.15, 0.2) is 0 Å². The Hall–Kier alpha value is -5.56. The molecule has 0 heterocycles. The van der Waals surface area contributed by atoms with E-state index in [-0.39, 0.29) is 0 Å². The number of hydrogen-bond donors (Lipinski definition) is 4. The highest BCUT2D eigenvalue weighted by Gasteiger charge is 2.51. The van der Waals surface area contributed by atoms with Gasteiger partial charge >= 0.3 is 0 Å². The Bertz CT molecular complexity index is 1950. The molecule has 0 bridgehead atoms. The summed E-state index contributed by atoms with van der Waals surface area (Å²) in [5, 5.41) is 22.9. The Morgan fingerprint density at radius 1 is 0.479 bits per heavy atom. The van der Waals surface area contributed by atoms with Crippen molar-refractivity contribution in [2.45, 2.75) is 24.0 Å². The monoisotopic (exact) mass is 632 g/mol. The average molecular weight is 633 g/mol. The number of aliphatic hydroxyl groups excluding tert-OH is 2. The lowest BCUT2D eigenvalue weighted by atomic mass is 9.62. The average Bonchev–Trinajstić information content (AvgIpc) is 3.11. The van der Waals surface area contributed by atoms with E-state index in [1.165, 1.54) is 0 Å². The fourth-order valence-electron chi connectivity index (χ4n) is 7.06. The number of benzene rings is 6. The summed E-state index contributed by atoms with van der Waals surface area (Å²) in [4.78, 5) is 4.22. The second kappa shape index (κ2) is 12.9. The summed E-state index contributed by atoms with van der Waals surface area (Å²) in [6, 6.07) is 49.1. The number of hydrogen-bond acceptors (Lipinski definition) is 6. The van der Waals surface area contributed by atoms with Crippen LogP contribution in [0.1, 0.15) is 23.0 Å². The SMILES string of the molecule is CN(C)c1ccc(C2C(O)C(c3ccc(N(c4ccccc4-c4ccccc4)c4ccccc4-c4ccccc4)cc3N)C2O)c(N)c1. The molecule has 0 aliphatic heterocycles. The lowest BCUT2D eigenvalue weighted by molar-refractivity contribution is -0.0780. The summed E-state index contributed by atoms with van der Waals surface area (Å²) in [6.45, 7) is 0. The van der Waals surface area contributed by atoms with Crippen molar-refractivity contribution in [1.82, 2.24) is 0 Å². The van der Waals surface area contributed by atoms with E-state index in [0.717, 1.165) is 50.6 Å². The minimum absolute atomic E-state index is 0.503. The molecule has 0 saturated heterocycles. The van der Waals surface area contributed by atoms with Gasteiger partial charge in [0.1, 0.15) is 0 Å². The highest BCUT2D eigenvalue weighted by Crippen LogP contribution is 2.52. The van der Waals surface area contributed by atoms with Gasteiger partial charge in [-0.05, 0) is 58.7 Å². The normalized spacial score (nSPS) is 18.6. The fraction of sp³-hybridized carbons (Fsp3) is 0.143. The summed E-state index contributed by atoms with van der Waals surface area (Å²) >= 11 is 0. The Labute approximate surface area is 282 Å². The highest BCUT2D eigenvalue weighted by molar-refractivity contribution is 5.94. The van der Waals surface area contributed by atoms with Crippen molar-refractivity contribution >= 4 is 34.1 Å². The molecular formula is C42H40N4O2. The molecule has 6 aromatic carbocycles. The zero-order valence-electron chi connectivity index (χ0n) is 27.1. The van der Waals surface area contributed by atoms with E-state index in [2.05, 4.69) is 77.7 Å². The molecule has 0 spiro atoms. The Morgan fingerprint density at radius 2 is 0.875 bits per heavy atom. The predicted molar refractivity (Wildman–Crippen MR) is 199 cm³/mol. The molecule has 6 nitrogen and oxygen atoms in total. The van der Waals surface area contributed by atoms with Crippen molar-refractivity contribution in [3.8, 4) is 22.3 Å². The van der Waals surface area contributed by atoms with E-state index in [1.807, 2.05) is 91.8 Å². The molecule has 2 unspecified atom stereocenters. The van der Waals surface area contributed by atoms with Crippen LogP contribution in [-0.2, 0) is 0 Å². The van der Waals surface area contributed by atoms with E-state index in [9.17, 15) is 10.2 Å². The van der Waals surface area contributed by atoms with E-state index in [0.29, 0.717) is 16.9 Å². The van der Waals surface area contributed by atoms with Crippen LogP contribution < -0.4 is 21.3 Å². The number of para-hydroxylation sites is 2. The molecular weight excluding hydrogens is 592 g/mol. The van der Waals surface area contributed by atoms with E-state index < -0.39 is 24.0 Å². The first kappa shape index (κ1) is 31.1. The largest absolute Gasteiger partial charge is 0.398 e. The number of nitrogens with zero attached hydrogens (tertiary/aromatic N) is 2. The van der Waals surface area contributed by atoms with Gasteiger partial charge in [0.2, 0.25) is 0 Å². The lowest BCUT2D eigenvalue weighted by Gasteiger charge is -2.47. The predicted octanol–water partition coefficient (Wildman–Crippen LogP) is 8.32. The number of nitrogens with two attached hydrogens (primary N) is 2. The summed E-state index contributed by atoms with van der Waals surface area (Å²) in [5.41, 5.74) is 23.9. The third-order valence-electron chi connectivity index (χ3n) is 9.56. The van der Waals surface area contributed by atoms with Crippen LogP contribution >= 0.6 is 0 Å². The lowest BCUT2D eigenvalue weighted by Crippen LogP contribution is -2.52. The van der Waals surface area contributed by atoms with Crippen LogP contribution in [0, 0.1) is 0 Å². The second-order valence-electron chi connectivity index (χ2n) is 12.7. The van der Waals surface area contributed by atoms with Gasteiger partial charge in [-0.3, -0.25) is 0 Å². The molecule has 1 saturated carbocycles. The number of aliphatic hydroxyl groups is 2. The van der Waals surface area contributed by atoms with Crippen LogP contribution in [0.3, 0.4) is 0 Å². The molecule has 7 rings (SSSR count). The van der Waals surface area contributed by atoms with Gasteiger partial charge in [-0.2, -0.15) is 0 Å². The van der Waals surface area contributed by atoms with Gasteiger partial charge in [-0.15, -0.1) is 0 Å². The van der Waals surface area contributed by atoms with Crippen LogP contribution in [0.2, 0.25) is 0 Å². The van der Waals surface area contributed by atoms with Crippen molar-refractivity contribution in [2.75, 3.05) is 35.4 Å². The Morgan fingerprint density at radius 3 is 1.31 bits per heavy atom. The van der Waals surface area contributed by atoms with Gasteiger partial charge in [0, 0.05) is 59.8 Å². The maximum absolute atomic E-state index is 11.4. The standard InChI is InChI=1S/C42H40N4O2/c1-45(2)29-21-23-33(35(43)25-29)39-41(47)40(42(39)48)34-24-22-30(26-36(34)44)46(37-19-11-9-17-31(37)27-13-5-3-6-14-27)38-20-12-10-18-32(38)28-15-7-4-8-16-28/h3-26,39-42,47-48H,43-44H2,1-2H3. The van der Waals surface area contributed by atoms with Crippen LogP contribution in [0.4, 0.5) is 34.1 Å². The zero-order chi connectivity index (χ0) is 33.4.